The summed E-state index contributed by atoms with van der Waals surface area (Å²) in [5, 5.41) is 5.23. The summed E-state index contributed by atoms with van der Waals surface area (Å²) < 4.78 is 0. The van der Waals surface area contributed by atoms with E-state index in [2.05, 4.69) is 134 Å². The van der Waals surface area contributed by atoms with Crippen LogP contribution in [0, 0.1) is 0 Å². The summed E-state index contributed by atoms with van der Waals surface area (Å²) in [7, 11) is 0. The van der Waals surface area contributed by atoms with Gasteiger partial charge in [-0.2, -0.15) is 0 Å². The average molecular weight is 513 g/mol. The predicted octanol–water partition coefficient (Wildman–Crippen LogP) is 10.9. The van der Waals surface area contributed by atoms with Gasteiger partial charge in [0.2, 0.25) is 0 Å². The van der Waals surface area contributed by atoms with E-state index in [9.17, 15) is 0 Å². The van der Waals surface area contributed by atoms with Gasteiger partial charge in [-0.05, 0) is 116 Å². The van der Waals surface area contributed by atoms with Crippen LogP contribution in [-0.2, 0) is 12.8 Å². The third kappa shape index (κ3) is 4.37. The fourth-order valence-electron chi connectivity index (χ4n) is 6.46. The molecule has 40 heavy (non-hydrogen) atoms. The molecule has 0 radical (unpaired) electrons. The minimum atomic E-state index is 0.917. The maximum atomic E-state index is 3.26. The molecule has 0 amide bonds. The Balaban J connectivity index is 1.55. The second kappa shape index (κ2) is 10.5. The van der Waals surface area contributed by atoms with Crippen LogP contribution in [-0.4, -0.2) is 0 Å². The zero-order valence-electron chi connectivity index (χ0n) is 23.0. The van der Waals surface area contributed by atoms with Crippen molar-refractivity contribution in [2.45, 2.75) is 32.6 Å². The molecule has 0 unspecified atom stereocenters. The first-order chi connectivity index (χ1) is 19.8. The molecular formula is C40H32. The molecule has 0 nitrogen and oxygen atoms in total. The number of benzene rings is 5. The SMILES string of the molecule is CC/C1=C/C=C\Cc2c(c(-c3ccc4c(c3)C=CC=C=C4)c3ccccc3c2-c2ccc3ccccc3c2)CC1. The van der Waals surface area contributed by atoms with Gasteiger partial charge in [-0.1, -0.05) is 116 Å². The second-order valence-corrected chi connectivity index (χ2v) is 10.8. The van der Waals surface area contributed by atoms with Crippen LogP contribution in [0.4, 0.5) is 0 Å². The van der Waals surface area contributed by atoms with Gasteiger partial charge in [0.15, 0.2) is 0 Å². The summed E-state index contributed by atoms with van der Waals surface area (Å²) in [4.78, 5) is 0. The lowest BCUT2D eigenvalue weighted by Crippen LogP contribution is -2.03. The number of fused-ring (bicyclic) bond motifs is 4. The molecular weight excluding hydrogens is 480 g/mol. The molecule has 0 heteroatoms. The maximum Gasteiger partial charge on any atom is -0.00667 e. The molecule has 0 heterocycles. The third-order valence-corrected chi connectivity index (χ3v) is 8.49. The van der Waals surface area contributed by atoms with Gasteiger partial charge in [-0.25, -0.2) is 0 Å². The molecule has 0 atom stereocenters. The van der Waals surface area contributed by atoms with Crippen molar-refractivity contribution in [3.8, 4) is 22.3 Å². The van der Waals surface area contributed by atoms with E-state index in [0.29, 0.717) is 0 Å². The van der Waals surface area contributed by atoms with E-state index in [1.165, 1.54) is 71.6 Å². The summed E-state index contributed by atoms with van der Waals surface area (Å²) in [6.07, 6.45) is 19.5. The van der Waals surface area contributed by atoms with Crippen molar-refractivity contribution < 1.29 is 0 Å². The van der Waals surface area contributed by atoms with Gasteiger partial charge in [0.1, 0.15) is 0 Å². The molecule has 0 fully saturated rings. The molecule has 0 aliphatic heterocycles. The van der Waals surface area contributed by atoms with Gasteiger partial charge < -0.3 is 0 Å². The van der Waals surface area contributed by atoms with Crippen LogP contribution >= 0.6 is 0 Å². The number of hydrogen-bond acceptors (Lipinski definition) is 0. The Kier molecular flexibility index (Phi) is 6.40. The number of rotatable bonds is 3. The minimum absolute atomic E-state index is 0.917. The highest BCUT2D eigenvalue weighted by atomic mass is 14.3. The Morgan fingerprint density at radius 3 is 2.27 bits per heavy atom. The van der Waals surface area contributed by atoms with E-state index in [0.717, 1.165) is 25.7 Å². The van der Waals surface area contributed by atoms with E-state index in [4.69, 9.17) is 0 Å². The topological polar surface area (TPSA) is 0 Å². The molecule has 5 aromatic carbocycles. The smallest absolute Gasteiger partial charge is 0.00667 e. The van der Waals surface area contributed by atoms with Crippen LogP contribution in [0.1, 0.15) is 42.0 Å². The molecule has 0 bridgehead atoms. The maximum absolute atomic E-state index is 3.26. The molecule has 0 spiro atoms. The first kappa shape index (κ1) is 24.4. The van der Waals surface area contributed by atoms with Crippen LogP contribution in [0.15, 0.2) is 127 Å². The Labute approximate surface area is 237 Å². The lowest BCUT2D eigenvalue weighted by molar-refractivity contribution is 0.881. The first-order valence-corrected chi connectivity index (χ1v) is 14.4. The lowest BCUT2D eigenvalue weighted by Gasteiger charge is -2.24. The summed E-state index contributed by atoms with van der Waals surface area (Å²) in [5.41, 5.74) is 15.5. The fraction of sp³-hybridized carbons (Fsp3) is 0.125. The van der Waals surface area contributed by atoms with E-state index >= 15 is 0 Å². The van der Waals surface area contributed by atoms with Crippen LogP contribution < -0.4 is 0 Å². The second-order valence-electron chi connectivity index (χ2n) is 10.8. The largest absolute Gasteiger partial charge is 0.120 e. The quantitative estimate of drug-likeness (QED) is 0.211. The highest BCUT2D eigenvalue weighted by molar-refractivity contribution is 6.09. The Bertz CT molecular complexity index is 1930. The summed E-state index contributed by atoms with van der Waals surface area (Å²) in [6, 6.07) is 31.7. The van der Waals surface area contributed by atoms with Crippen LogP contribution in [0.3, 0.4) is 0 Å². The van der Waals surface area contributed by atoms with Crippen LogP contribution in [0.5, 0.6) is 0 Å². The first-order valence-electron chi connectivity index (χ1n) is 14.4. The molecule has 0 saturated carbocycles. The van der Waals surface area contributed by atoms with Gasteiger partial charge in [0.05, 0.1) is 0 Å². The molecule has 2 aliphatic rings. The van der Waals surface area contributed by atoms with Crippen LogP contribution in [0.25, 0.3) is 56.0 Å². The third-order valence-electron chi connectivity index (χ3n) is 8.49. The normalized spacial score (nSPS) is 16.4. The average Bonchev–Trinajstić information content (AvgIpc) is 3.18. The molecule has 5 aromatic rings. The van der Waals surface area contributed by atoms with Gasteiger partial charge >= 0.3 is 0 Å². The van der Waals surface area contributed by atoms with Crippen molar-refractivity contribution in [1.82, 2.24) is 0 Å². The minimum Gasteiger partial charge on any atom is -0.120 e. The zero-order chi connectivity index (χ0) is 26.9. The molecule has 7 rings (SSSR count). The van der Waals surface area contributed by atoms with Gasteiger partial charge in [-0.3, -0.25) is 0 Å². The highest BCUT2D eigenvalue weighted by Crippen LogP contribution is 2.44. The van der Waals surface area contributed by atoms with Crippen molar-refractivity contribution in [2.75, 3.05) is 0 Å². The Hall–Kier alpha value is -4.64. The molecule has 0 N–H and O–H groups in total. The van der Waals surface area contributed by atoms with Crippen LogP contribution in [0.2, 0.25) is 0 Å². The summed E-state index contributed by atoms with van der Waals surface area (Å²) in [6.45, 7) is 2.28. The number of allylic oxidation sites excluding steroid dienone is 6. The summed E-state index contributed by atoms with van der Waals surface area (Å²) >= 11 is 0. The van der Waals surface area contributed by atoms with Gasteiger partial charge in [0, 0.05) is 0 Å². The van der Waals surface area contributed by atoms with E-state index < -0.39 is 0 Å². The zero-order valence-corrected chi connectivity index (χ0v) is 23.0. The van der Waals surface area contributed by atoms with Crippen molar-refractivity contribution in [3.63, 3.8) is 0 Å². The van der Waals surface area contributed by atoms with Gasteiger partial charge in [-0.15, -0.1) is 5.73 Å². The van der Waals surface area contributed by atoms with Crippen molar-refractivity contribution in [2.24, 2.45) is 0 Å². The summed E-state index contributed by atoms with van der Waals surface area (Å²) in [5.74, 6) is 0. The van der Waals surface area contributed by atoms with E-state index in [1.54, 1.807) is 0 Å². The van der Waals surface area contributed by atoms with Crippen molar-refractivity contribution >= 4 is 33.7 Å². The monoisotopic (exact) mass is 512 g/mol. The van der Waals surface area contributed by atoms with E-state index in [1.807, 2.05) is 6.08 Å². The van der Waals surface area contributed by atoms with Crippen molar-refractivity contribution in [1.29, 1.82) is 0 Å². The standard InChI is InChI=1S/C40H32/c1-2-28-12-6-9-17-37-38(25-20-28)40(34-24-21-29-13-4-3-5-15-31(29)26-34)36-19-11-10-18-35(36)39(37)33-23-22-30-14-7-8-16-32(30)27-33/h3,5-16,18-19,21-24,26-27H,2,17,20,25H2,1H3/b9-6-,28-12-. The van der Waals surface area contributed by atoms with Gasteiger partial charge in [0.25, 0.3) is 0 Å². The van der Waals surface area contributed by atoms with Crippen molar-refractivity contribution in [3.05, 3.63) is 149 Å². The lowest BCUT2D eigenvalue weighted by atomic mass is 9.80. The Morgan fingerprint density at radius 1 is 0.675 bits per heavy atom. The highest BCUT2D eigenvalue weighted by Gasteiger charge is 2.22. The molecule has 0 aromatic heterocycles. The molecule has 192 valence electrons. The Morgan fingerprint density at radius 2 is 1.43 bits per heavy atom. The molecule has 0 saturated heterocycles. The fourth-order valence-corrected chi connectivity index (χ4v) is 6.46. The number of hydrogen-bond donors (Lipinski definition) is 0. The molecule has 2 aliphatic carbocycles. The predicted molar refractivity (Wildman–Crippen MR) is 173 cm³/mol. The van der Waals surface area contributed by atoms with E-state index in [-0.39, 0.29) is 0 Å².